The number of carbonyl (C=O) groups is 4. The van der Waals surface area contributed by atoms with Gasteiger partial charge in [-0.2, -0.15) is 0 Å². The van der Waals surface area contributed by atoms with Crippen LogP contribution in [0.25, 0.3) is 22.1 Å². The SMILES string of the molecule is CCCN(Cc1nc2cc([C@H]3CC[C@H](c4ccc5[nH]c([C@@H]6CCCN6C(=O)C(NC(=O)OC)C(C)C)nc5c4)N3c3cc(F)c(N4CCC5(CC4)OCCO5)c(F)c3)ccc2[nH]1)C(=O)CNC(=O)OC. The van der Waals surface area contributed by atoms with Crippen LogP contribution in [0.2, 0.25) is 0 Å². The number of nitrogens with zero attached hydrogens (tertiary/aromatic N) is 6. The fraction of sp³-hybridized carbons (Fsp3) is 0.520. The Labute approximate surface area is 404 Å². The van der Waals surface area contributed by atoms with Crippen molar-refractivity contribution in [2.75, 3.05) is 70.0 Å². The molecule has 20 heteroatoms. The molecular weight excluding hydrogens is 907 g/mol. The van der Waals surface area contributed by atoms with Gasteiger partial charge in [0.15, 0.2) is 17.4 Å². The minimum absolute atomic E-state index is 0.0725. The number of aromatic nitrogens is 4. The van der Waals surface area contributed by atoms with Crippen molar-refractivity contribution in [3.63, 3.8) is 0 Å². The summed E-state index contributed by atoms with van der Waals surface area (Å²) in [5, 5.41) is 5.16. The number of piperidine rings is 1. The Kier molecular flexibility index (Phi) is 14.2. The standard InChI is InChI=1S/C50H62F2N10O8/c1-6-17-60(43(63)27-53-48(65)67-4)28-42-54-35-11-9-30(23-37(35)55-42)39-13-14-40(62(39)32-25-33(51)45(34(52)26-32)59-19-15-50(16-20-59)69-21-22-70-50)31-10-12-36-38(24-31)57-46(56-36)41-8-7-18-61(41)47(64)44(29(2)3)58-49(66)68-5/h9-12,23-26,29,39-41,44H,6-8,13-22,27-28H2,1-5H3,(H,53,65)(H,54,55)(H,56,57)(H,58,66)/t39-,40-,41+,44?/m1/s1. The second-order valence-electron chi connectivity index (χ2n) is 18.9. The van der Waals surface area contributed by atoms with Crippen molar-refractivity contribution in [1.82, 2.24) is 40.4 Å². The monoisotopic (exact) mass is 968 g/mol. The van der Waals surface area contributed by atoms with Crippen LogP contribution in [0.5, 0.6) is 0 Å². The van der Waals surface area contributed by atoms with Crippen LogP contribution in [0.1, 0.15) is 107 Å². The van der Waals surface area contributed by atoms with E-state index in [-0.39, 0.29) is 54.6 Å². The topological polar surface area (TPSA) is 200 Å². The first kappa shape index (κ1) is 48.5. The molecule has 3 aromatic carbocycles. The van der Waals surface area contributed by atoms with Gasteiger partial charge < -0.3 is 59.1 Å². The third-order valence-corrected chi connectivity index (χ3v) is 14.2. The smallest absolute Gasteiger partial charge is 0.407 e. The highest BCUT2D eigenvalue weighted by Crippen LogP contribution is 2.49. The highest BCUT2D eigenvalue weighted by atomic mass is 19.1. The molecule has 4 saturated heterocycles. The van der Waals surface area contributed by atoms with Gasteiger partial charge in [0.2, 0.25) is 11.8 Å². The number of imidazole rings is 2. The maximum atomic E-state index is 16.6. The van der Waals surface area contributed by atoms with E-state index in [1.165, 1.54) is 26.4 Å². The lowest BCUT2D eigenvalue weighted by Gasteiger charge is -2.39. The average molecular weight is 969 g/mol. The molecule has 4 fully saturated rings. The summed E-state index contributed by atoms with van der Waals surface area (Å²) in [6.45, 7) is 8.43. The highest BCUT2D eigenvalue weighted by Gasteiger charge is 2.42. The molecule has 70 heavy (non-hydrogen) atoms. The summed E-state index contributed by atoms with van der Waals surface area (Å²) in [5.41, 5.74) is 5.03. The predicted molar refractivity (Wildman–Crippen MR) is 256 cm³/mol. The van der Waals surface area contributed by atoms with Crippen LogP contribution in [0, 0.1) is 17.6 Å². The lowest BCUT2D eigenvalue weighted by Crippen LogP contribution is -2.51. The fourth-order valence-electron chi connectivity index (χ4n) is 10.7. The molecule has 0 saturated carbocycles. The number of amides is 4. The second-order valence-corrected chi connectivity index (χ2v) is 18.9. The van der Waals surface area contributed by atoms with Gasteiger partial charge in [-0.25, -0.2) is 28.3 Å². The summed E-state index contributed by atoms with van der Waals surface area (Å²) in [6, 6.07) is 13.1. The summed E-state index contributed by atoms with van der Waals surface area (Å²) >= 11 is 0. The second kappa shape index (κ2) is 20.4. The number of carbonyl (C=O) groups excluding carboxylic acids is 4. The quantitative estimate of drug-likeness (QED) is 0.0869. The van der Waals surface area contributed by atoms with Gasteiger partial charge in [0.05, 0.1) is 74.2 Å². The molecule has 2 aromatic heterocycles. The number of hydrogen-bond acceptors (Lipinski definition) is 12. The molecule has 4 aliphatic rings. The molecule has 5 aromatic rings. The molecule has 18 nitrogen and oxygen atoms in total. The molecule has 4 amide bonds. The number of fused-ring (bicyclic) bond motifs is 2. The van der Waals surface area contributed by atoms with E-state index in [0.29, 0.717) is 106 Å². The van der Waals surface area contributed by atoms with Gasteiger partial charge in [-0.3, -0.25) is 9.59 Å². The highest BCUT2D eigenvalue weighted by molar-refractivity contribution is 5.87. The number of alkyl carbamates (subject to hydrolysis) is 2. The molecule has 6 heterocycles. The first-order chi connectivity index (χ1) is 33.8. The number of ether oxygens (including phenoxy) is 4. The number of methoxy groups -OCH3 is 2. The Balaban J connectivity index is 1.02. The normalized spacial score (nSPS) is 20.5. The number of aromatic amines is 2. The Bertz CT molecular complexity index is 2710. The van der Waals surface area contributed by atoms with Gasteiger partial charge in [-0.15, -0.1) is 0 Å². The van der Waals surface area contributed by atoms with Crippen LogP contribution in [0.4, 0.5) is 29.7 Å². The van der Waals surface area contributed by atoms with Crippen molar-refractivity contribution in [1.29, 1.82) is 0 Å². The van der Waals surface area contributed by atoms with Gasteiger partial charge >= 0.3 is 12.2 Å². The van der Waals surface area contributed by atoms with Gasteiger partial charge in [0.1, 0.15) is 29.9 Å². The summed E-state index contributed by atoms with van der Waals surface area (Å²) in [7, 11) is 2.51. The van der Waals surface area contributed by atoms with Crippen molar-refractivity contribution in [3.05, 3.63) is 82.9 Å². The molecule has 0 aliphatic carbocycles. The number of anilines is 2. The number of halogens is 2. The van der Waals surface area contributed by atoms with Crippen LogP contribution in [-0.2, 0) is 35.1 Å². The third kappa shape index (κ3) is 9.79. The van der Waals surface area contributed by atoms with Crippen LogP contribution in [0.15, 0.2) is 48.5 Å². The molecule has 0 bridgehead atoms. The minimum atomic E-state index is -0.770. The zero-order chi connectivity index (χ0) is 49.3. The number of likely N-dealkylation sites (tertiary alicyclic amines) is 1. The summed E-state index contributed by atoms with van der Waals surface area (Å²) in [4.78, 5) is 74.8. The molecule has 1 spiro atoms. The fourth-order valence-corrected chi connectivity index (χ4v) is 10.7. The molecule has 0 radical (unpaired) electrons. The number of rotatable bonds is 14. The van der Waals surface area contributed by atoms with E-state index in [4.69, 9.17) is 24.2 Å². The van der Waals surface area contributed by atoms with E-state index >= 15 is 8.78 Å². The summed E-state index contributed by atoms with van der Waals surface area (Å²) < 4.78 is 54.5. The van der Waals surface area contributed by atoms with Crippen LogP contribution in [-0.4, -0.2) is 126 Å². The zero-order valence-corrected chi connectivity index (χ0v) is 40.3. The van der Waals surface area contributed by atoms with Gasteiger partial charge in [-0.05, 0) is 85.5 Å². The van der Waals surface area contributed by atoms with Gasteiger partial charge in [0, 0.05) is 44.7 Å². The Morgan fingerprint density at radius 3 is 2.09 bits per heavy atom. The number of nitrogens with one attached hydrogen (secondary N) is 4. The first-order valence-electron chi connectivity index (χ1n) is 24.3. The molecule has 1 unspecified atom stereocenters. The molecule has 374 valence electrons. The van der Waals surface area contributed by atoms with Crippen molar-refractivity contribution in [2.45, 2.75) is 102 Å². The molecule has 4 N–H and O–H groups in total. The molecule has 9 rings (SSSR count). The zero-order valence-electron chi connectivity index (χ0n) is 40.3. The Hall–Kier alpha value is -6.54. The van der Waals surface area contributed by atoms with E-state index in [2.05, 4.69) is 30.2 Å². The lowest BCUT2D eigenvalue weighted by molar-refractivity contribution is -0.169. The number of hydrogen-bond donors (Lipinski definition) is 4. The van der Waals surface area contributed by atoms with E-state index in [9.17, 15) is 19.2 Å². The Morgan fingerprint density at radius 2 is 1.47 bits per heavy atom. The van der Waals surface area contributed by atoms with Gasteiger partial charge in [0.25, 0.3) is 0 Å². The van der Waals surface area contributed by atoms with Crippen LogP contribution < -0.4 is 20.4 Å². The number of H-pyrrole nitrogens is 2. The summed E-state index contributed by atoms with van der Waals surface area (Å²) in [5.74, 6) is -1.47. The van der Waals surface area contributed by atoms with Crippen LogP contribution >= 0.6 is 0 Å². The van der Waals surface area contributed by atoms with E-state index in [1.807, 2.05) is 57.2 Å². The maximum absolute atomic E-state index is 16.6. The van der Waals surface area contributed by atoms with E-state index < -0.39 is 35.6 Å². The minimum Gasteiger partial charge on any atom is -0.453 e. The van der Waals surface area contributed by atoms with E-state index in [0.717, 1.165) is 28.6 Å². The maximum Gasteiger partial charge on any atom is 0.407 e. The number of benzene rings is 3. The summed E-state index contributed by atoms with van der Waals surface area (Å²) in [6.07, 6.45) is 3.10. The first-order valence-corrected chi connectivity index (χ1v) is 24.3. The van der Waals surface area contributed by atoms with Crippen molar-refractivity contribution in [3.8, 4) is 0 Å². The van der Waals surface area contributed by atoms with Crippen LogP contribution in [0.3, 0.4) is 0 Å². The average Bonchev–Trinajstić information content (AvgIpc) is 4.22. The lowest BCUT2D eigenvalue weighted by atomic mass is 10.0. The molecular formula is C50H62F2N10O8. The van der Waals surface area contributed by atoms with Crippen molar-refractivity contribution >= 4 is 57.4 Å². The largest absolute Gasteiger partial charge is 0.453 e. The predicted octanol–water partition coefficient (Wildman–Crippen LogP) is 7.28. The molecule has 4 aliphatic heterocycles. The molecule has 4 atom stereocenters. The van der Waals surface area contributed by atoms with Gasteiger partial charge in [-0.1, -0.05) is 32.9 Å². The van der Waals surface area contributed by atoms with Crippen molar-refractivity contribution < 1.29 is 46.9 Å². The Morgan fingerprint density at radius 1 is 0.843 bits per heavy atom. The third-order valence-electron chi connectivity index (χ3n) is 14.2. The van der Waals surface area contributed by atoms with Crippen molar-refractivity contribution in [2.24, 2.45) is 5.92 Å². The van der Waals surface area contributed by atoms with E-state index in [1.54, 1.807) is 14.7 Å².